The second kappa shape index (κ2) is 5.14. The van der Waals surface area contributed by atoms with Crippen LogP contribution in [0.3, 0.4) is 0 Å². The highest BCUT2D eigenvalue weighted by Gasteiger charge is 2.19. The van der Waals surface area contributed by atoms with Gasteiger partial charge < -0.3 is 9.47 Å². The third-order valence-electron chi connectivity index (χ3n) is 1.61. The van der Waals surface area contributed by atoms with Crippen molar-refractivity contribution in [3.63, 3.8) is 0 Å². The third-order valence-corrected chi connectivity index (χ3v) is 1.61. The number of hydrogen-bond donors (Lipinski definition) is 0. The predicted molar refractivity (Wildman–Crippen MR) is 50.2 cm³/mol. The van der Waals surface area contributed by atoms with E-state index >= 15 is 0 Å². The van der Waals surface area contributed by atoms with E-state index in [9.17, 15) is 9.59 Å². The lowest BCUT2D eigenvalue weighted by atomic mass is 10.4. The molecule has 0 amide bonds. The molecule has 1 atom stereocenters. The van der Waals surface area contributed by atoms with E-state index in [1.165, 1.54) is 25.6 Å². The van der Waals surface area contributed by atoms with Crippen molar-refractivity contribution in [2.45, 2.75) is 20.0 Å². The highest BCUT2D eigenvalue weighted by Crippen LogP contribution is 1.98. The summed E-state index contributed by atoms with van der Waals surface area (Å²) in [5.41, 5.74) is 0. The van der Waals surface area contributed by atoms with Crippen molar-refractivity contribution in [3.05, 3.63) is 18.7 Å². The van der Waals surface area contributed by atoms with Crippen LogP contribution in [-0.4, -0.2) is 34.3 Å². The number of rotatable bonds is 3. The fourth-order valence-electron chi connectivity index (χ4n) is 0.887. The lowest BCUT2D eigenvalue weighted by Gasteiger charge is -2.11. The molecule has 0 fully saturated rings. The van der Waals surface area contributed by atoms with Crippen LogP contribution in [0.15, 0.2) is 18.7 Å². The Bertz CT molecular complexity index is 334. The van der Waals surface area contributed by atoms with Gasteiger partial charge in [-0.25, -0.2) is 19.1 Å². The molecule has 0 N–H and O–H groups in total. The molecule has 0 aliphatic carbocycles. The van der Waals surface area contributed by atoms with Gasteiger partial charge in [0.05, 0.1) is 6.61 Å². The smallest absolute Gasteiger partial charge is 0.420 e. The van der Waals surface area contributed by atoms with Crippen LogP contribution in [0.5, 0.6) is 0 Å². The van der Waals surface area contributed by atoms with Crippen molar-refractivity contribution in [1.29, 1.82) is 0 Å². The SMILES string of the molecule is CCOC(=O)[C@H](C)OC(=O)n1ccnc1. The zero-order chi connectivity index (χ0) is 11.3. The van der Waals surface area contributed by atoms with Gasteiger partial charge in [-0.15, -0.1) is 0 Å². The second-order valence-corrected chi connectivity index (χ2v) is 2.75. The molecule has 6 nitrogen and oxygen atoms in total. The first-order chi connectivity index (χ1) is 7.15. The van der Waals surface area contributed by atoms with Gasteiger partial charge in [0, 0.05) is 12.4 Å². The summed E-state index contributed by atoms with van der Waals surface area (Å²) < 4.78 is 10.6. The Morgan fingerprint density at radius 1 is 1.53 bits per heavy atom. The minimum atomic E-state index is -0.917. The molecular weight excluding hydrogens is 200 g/mol. The predicted octanol–water partition coefficient (Wildman–Crippen LogP) is 0.819. The van der Waals surface area contributed by atoms with Crippen LogP contribution in [0.1, 0.15) is 13.8 Å². The molecule has 1 rings (SSSR count). The number of imidazole rings is 1. The minimum Gasteiger partial charge on any atom is -0.463 e. The fourth-order valence-corrected chi connectivity index (χ4v) is 0.887. The van der Waals surface area contributed by atoms with Crippen molar-refractivity contribution >= 4 is 12.1 Å². The Morgan fingerprint density at radius 2 is 2.27 bits per heavy atom. The first kappa shape index (κ1) is 11.2. The van der Waals surface area contributed by atoms with Crippen molar-refractivity contribution in [2.75, 3.05) is 6.61 Å². The van der Waals surface area contributed by atoms with Gasteiger partial charge in [0.1, 0.15) is 6.33 Å². The van der Waals surface area contributed by atoms with Gasteiger partial charge in [0.25, 0.3) is 0 Å². The molecule has 0 radical (unpaired) electrons. The maximum atomic E-state index is 11.3. The molecule has 0 aliphatic rings. The van der Waals surface area contributed by atoms with Crippen LogP contribution in [-0.2, 0) is 14.3 Å². The lowest BCUT2D eigenvalue weighted by molar-refractivity contribution is -0.152. The Balaban J connectivity index is 2.48. The largest absolute Gasteiger partial charge is 0.463 e. The van der Waals surface area contributed by atoms with E-state index in [1.54, 1.807) is 6.92 Å². The van der Waals surface area contributed by atoms with Crippen LogP contribution in [0.4, 0.5) is 4.79 Å². The van der Waals surface area contributed by atoms with E-state index in [0.29, 0.717) is 0 Å². The van der Waals surface area contributed by atoms with Crippen LogP contribution < -0.4 is 0 Å². The quantitative estimate of drug-likeness (QED) is 0.693. The monoisotopic (exact) mass is 212 g/mol. The van der Waals surface area contributed by atoms with Gasteiger partial charge in [0.15, 0.2) is 6.10 Å². The molecule has 1 heterocycles. The first-order valence-corrected chi connectivity index (χ1v) is 4.50. The molecule has 0 bridgehead atoms. The van der Waals surface area contributed by atoms with Crippen molar-refractivity contribution < 1.29 is 19.1 Å². The molecule has 82 valence electrons. The summed E-state index contributed by atoms with van der Waals surface area (Å²) in [7, 11) is 0. The molecular formula is C9H12N2O4. The number of hydrogen-bond acceptors (Lipinski definition) is 5. The Labute approximate surface area is 86.8 Å². The summed E-state index contributed by atoms with van der Waals surface area (Å²) in [5.74, 6) is -0.564. The van der Waals surface area contributed by atoms with E-state index in [0.717, 1.165) is 4.57 Å². The first-order valence-electron chi connectivity index (χ1n) is 4.50. The van der Waals surface area contributed by atoms with Gasteiger partial charge in [-0.05, 0) is 13.8 Å². The van der Waals surface area contributed by atoms with Gasteiger partial charge in [0.2, 0.25) is 0 Å². The molecule has 0 aliphatic heterocycles. The third kappa shape index (κ3) is 3.08. The van der Waals surface area contributed by atoms with E-state index in [4.69, 9.17) is 4.74 Å². The summed E-state index contributed by atoms with van der Waals surface area (Å²) in [6.07, 6.45) is 2.59. The fraction of sp³-hybridized carbons (Fsp3) is 0.444. The topological polar surface area (TPSA) is 70.4 Å². The van der Waals surface area contributed by atoms with E-state index < -0.39 is 18.2 Å². The summed E-state index contributed by atoms with van der Waals surface area (Å²) in [4.78, 5) is 26.1. The molecule has 15 heavy (non-hydrogen) atoms. The van der Waals surface area contributed by atoms with Gasteiger partial charge in [-0.3, -0.25) is 0 Å². The summed E-state index contributed by atoms with van der Waals surface area (Å²) in [5, 5.41) is 0. The number of esters is 1. The molecule has 1 aromatic rings. The number of ether oxygens (including phenoxy) is 2. The van der Waals surface area contributed by atoms with Crippen LogP contribution in [0, 0.1) is 0 Å². The highest BCUT2D eigenvalue weighted by molar-refractivity contribution is 5.79. The highest BCUT2D eigenvalue weighted by atomic mass is 16.6. The van der Waals surface area contributed by atoms with Gasteiger partial charge in [-0.2, -0.15) is 0 Å². The molecule has 0 spiro atoms. The van der Waals surface area contributed by atoms with Crippen molar-refractivity contribution in [2.24, 2.45) is 0 Å². The lowest BCUT2D eigenvalue weighted by Crippen LogP contribution is -2.28. The molecule has 0 unspecified atom stereocenters. The maximum absolute atomic E-state index is 11.3. The summed E-state index contributed by atoms with van der Waals surface area (Å²) >= 11 is 0. The summed E-state index contributed by atoms with van der Waals surface area (Å²) in [6, 6.07) is 0. The molecule has 6 heteroatoms. The zero-order valence-electron chi connectivity index (χ0n) is 8.54. The van der Waals surface area contributed by atoms with Crippen molar-refractivity contribution in [3.8, 4) is 0 Å². The number of nitrogens with zero attached hydrogens (tertiary/aromatic N) is 2. The number of carbonyl (C=O) groups is 2. The van der Waals surface area contributed by atoms with Crippen LogP contribution in [0.25, 0.3) is 0 Å². The standard InChI is InChI=1S/C9H12N2O4/c1-3-14-8(12)7(2)15-9(13)11-5-4-10-6-11/h4-7H,3H2,1-2H3/t7-/m0/s1. The van der Waals surface area contributed by atoms with Crippen LogP contribution >= 0.6 is 0 Å². The molecule has 0 saturated carbocycles. The number of aromatic nitrogens is 2. The molecule has 0 aromatic carbocycles. The average Bonchev–Trinajstić information content (AvgIpc) is 2.70. The second-order valence-electron chi connectivity index (χ2n) is 2.75. The van der Waals surface area contributed by atoms with Crippen LogP contribution in [0.2, 0.25) is 0 Å². The number of carbonyl (C=O) groups excluding carboxylic acids is 2. The normalized spacial score (nSPS) is 11.9. The van der Waals surface area contributed by atoms with E-state index in [1.807, 2.05) is 0 Å². The average molecular weight is 212 g/mol. The molecule has 0 saturated heterocycles. The maximum Gasteiger partial charge on any atom is 0.420 e. The van der Waals surface area contributed by atoms with Crippen molar-refractivity contribution in [1.82, 2.24) is 9.55 Å². The minimum absolute atomic E-state index is 0.256. The van der Waals surface area contributed by atoms with Gasteiger partial charge >= 0.3 is 12.1 Å². The van der Waals surface area contributed by atoms with E-state index in [-0.39, 0.29) is 6.61 Å². The van der Waals surface area contributed by atoms with Gasteiger partial charge in [-0.1, -0.05) is 0 Å². The van der Waals surface area contributed by atoms with E-state index in [2.05, 4.69) is 9.72 Å². The summed E-state index contributed by atoms with van der Waals surface area (Å²) in [6.45, 7) is 3.39. The Morgan fingerprint density at radius 3 is 2.80 bits per heavy atom. The molecule has 1 aromatic heterocycles. The Hall–Kier alpha value is -1.85. The Kier molecular flexibility index (Phi) is 3.84. The zero-order valence-corrected chi connectivity index (χ0v) is 8.54.